The van der Waals surface area contributed by atoms with Crippen LogP contribution in [0.5, 0.6) is 0 Å². The number of aliphatic hydroxyl groups excluding tert-OH is 2. The van der Waals surface area contributed by atoms with Crippen molar-refractivity contribution in [1.82, 2.24) is 14.9 Å². The summed E-state index contributed by atoms with van der Waals surface area (Å²) in [6.45, 7) is 8.91. The van der Waals surface area contributed by atoms with Crippen molar-refractivity contribution < 1.29 is 47.6 Å². The minimum atomic E-state index is -3.89. The number of alkyl halides is 2. The monoisotopic (exact) mass is 548 g/mol. The van der Waals surface area contributed by atoms with Crippen LogP contribution in [0, 0.1) is 0 Å². The molecule has 214 valence electrons. The van der Waals surface area contributed by atoms with Crippen molar-refractivity contribution in [3.63, 3.8) is 0 Å². The Morgan fingerprint density at radius 3 is 2.29 bits per heavy atom. The number of nitrogens with zero attached hydrogens (tertiary/aromatic N) is 2. The maximum absolute atomic E-state index is 14.3. The minimum absolute atomic E-state index is 0.195. The second kappa shape index (κ2) is 11.7. The van der Waals surface area contributed by atoms with Crippen LogP contribution < -0.4 is 16.3 Å². The Hall–Kier alpha value is -3.17. The van der Waals surface area contributed by atoms with Crippen LogP contribution in [-0.4, -0.2) is 79.7 Å². The summed E-state index contributed by atoms with van der Waals surface area (Å²) in [7, 11) is 0. The van der Waals surface area contributed by atoms with Crippen LogP contribution in [0.15, 0.2) is 17.1 Å². The first-order chi connectivity index (χ1) is 17.3. The Morgan fingerprint density at radius 2 is 1.79 bits per heavy atom. The van der Waals surface area contributed by atoms with Gasteiger partial charge in [-0.1, -0.05) is 0 Å². The first-order valence-electron chi connectivity index (χ1n) is 11.8. The Morgan fingerprint density at radius 1 is 1.18 bits per heavy atom. The lowest BCUT2D eigenvalue weighted by atomic mass is 10.1. The molecule has 0 aliphatic carbocycles. The highest BCUT2D eigenvalue weighted by Crippen LogP contribution is 2.41. The van der Waals surface area contributed by atoms with Gasteiger partial charge >= 0.3 is 23.7 Å². The van der Waals surface area contributed by atoms with Gasteiger partial charge in [-0.15, -0.1) is 0 Å². The summed E-state index contributed by atoms with van der Waals surface area (Å²) in [6.07, 6.45) is -6.67. The molecule has 2 amide bonds. The molecular formula is C23H34F2N4O9. The number of hydrogen-bond donors (Lipinski definition) is 4. The van der Waals surface area contributed by atoms with Gasteiger partial charge < -0.3 is 35.1 Å². The highest BCUT2D eigenvalue weighted by atomic mass is 19.3. The summed E-state index contributed by atoms with van der Waals surface area (Å²) in [5, 5.41) is 23.4. The van der Waals surface area contributed by atoms with Gasteiger partial charge in [0.1, 0.15) is 29.2 Å². The Balaban J connectivity index is 2.08. The zero-order valence-corrected chi connectivity index (χ0v) is 22.0. The van der Waals surface area contributed by atoms with Crippen LogP contribution in [0.4, 0.5) is 19.4 Å². The molecule has 0 spiro atoms. The highest BCUT2D eigenvalue weighted by molar-refractivity contribution is 5.90. The average molecular weight is 549 g/mol. The molecule has 0 bridgehead atoms. The number of halogens is 2. The molecule has 38 heavy (non-hydrogen) atoms. The molecule has 13 nitrogen and oxygen atoms in total. The molecule has 1 unspecified atom stereocenters. The van der Waals surface area contributed by atoms with Crippen LogP contribution in [0.25, 0.3) is 0 Å². The molecular weight excluding hydrogens is 514 g/mol. The summed E-state index contributed by atoms with van der Waals surface area (Å²) >= 11 is 0. The maximum atomic E-state index is 14.3. The number of nitrogens with one attached hydrogen (secondary N) is 2. The van der Waals surface area contributed by atoms with Gasteiger partial charge in [0.2, 0.25) is 12.1 Å². The number of rotatable bonds is 8. The van der Waals surface area contributed by atoms with Crippen molar-refractivity contribution in [2.45, 2.75) is 96.0 Å². The number of aliphatic hydroxyl groups is 2. The molecule has 0 radical (unpaired) electrons. The molecule has 1 aliphatic heterocycles. The lowest BCUT2D eigenvalue weighted by Crippen LogP contribution is -2.46. The number of hydrogen-bond acceptors (Lipinski definition) is 10. The molecule has 1 fully saturated rings. The van der Waals surface area contributed by atoms with Crippen LogP contribution in [0.3, 0.4) is 0 Å². The number of anilines is 1. The van der Waals surface area contributed by atoms with Crippen LogP contribution in [0.1, 0.15) is 60.6 Å². The maximum Gasteiger partial charge on any atom is 0.408 e. The van der Waals surface area contributed by atoms with Gasteiger partial charge in [0.25, 0.3) is 0 Å². The Labute approximate surface area is 217 Å². The number of alkyl carbamates (subject to hydrolysis) is 1. The second-order valence-corrected chi connectivity index (χ2v) is 10.7. The molecule has 15 heteroatoms. The zero-order valence-electron chi connectivity index (χ0n) is 22.0. The van der Waals surface area contributed by atoms with E-state index in [0.29, 0.717) is 4.57 Å². The molecule has 4 atom stereocenters. The van der Waals surface area contributed by atoms with Crippen molar-refractivity contribution in [2.75, 3.05) is 11.9 Å². The number of carbonyl (C=O) groups is 3. The van der Waals surface area contributed by atoms with Gasteiger partial charge in [-0.3, -0.25) is 9.36 Å². The average Bonchev–Trinajstić information content (AvgIpc) is 2.97. The smallest absolute Gasteiger partial charge is 0.408 e. The SMILES string of the molecule is CC(C)(C)OC(=O)NC(CCC(=O)Nc1ccn([C@@H]2O[C@H](CO)[C@H](O)C2(F)F)c(=O)n1)C(=O)OC(C)(C)C. The predicted molar refractivity (Wildman–Crippen MR) is 127 cm³/mol. The van der Waals surface area contributed by atoms with E-state index in [1.54, 1.807) is 41.5 Å². The first kappa shape index (κ1) is 31.1. The van der Waals surface area contributed by atoms with E-state index in [0.717, 1.165) is 12.3 Å². The van der Waals surface area contributed by atoms with Crippen LogP contribution >= 0.6 is 0 Å². The summed E-state index contributed by atoms with van der Waals surface area (Å²) in [5.41, 5.74) is -2.92. The number of aromatic nitrogens is 2. The molecule has 1 aliphatic rings. The van der Waals surface area contributed by atoms with Gasteiger partial charge in [0.05, 0.1) is 6.61 Å². The number of ether oxygens (including phenoxy) is 3. The van der Waals surface area contributed by atoms with E-state index in [2.05, 4.69) is 15.6 Å². The van der Waals surface area contributed by atoms with Crippen LogP contribution in [-0.2, 0) is 23.8 Å². The fraction of sp³-hybridized carbons (Fsp3) is 0.696. The molecule has 1 aromatic rings. The van der Waals surface area contributed by atoms with E-state index in [-0.39, 0.29) is 18.7 Å². The van der Waals surface area contributed by atoms with E-state index in [9.17, 15) is 33.1 Å². The summed E-state index contributed by atoms with van der Waals surface area (Å²) in [4.78, 5) is 53.1. The van der Waals surface area contributed by atoms with E-state index in [1.807, 2.05) is 0 Å². The normalized spacial score (nSPS) is 21.9. The Kier molecular flexibility index (Phi) is 9.56. The van der Waals surface area contributed by atoms with Crippen LogP contribution in [0.2, 0.25) is 0 Å². The molecule has 4 N–H and O–H groups in total. The molecule has 1 saturated heterocycles. The molecule has 1 aromatic heterocycles. The summed E-state index contributed by atoms with van der Waals surface area (Å²) in [6, 6.07) is -0.176. The van der Waals surface area contributed by atoms with Gasteiger partial charge in [0.15, 0.2) is 6.10 Å². The first-order valence-corrected chi connectivity index (χ1v) is 11.8. The number of amides is 2. The third-order valence-corrected chi connectivity index (χ3v) is 4.95. The number of carbonyl (C=O) groups excluding carboxylic acids is 3. The Bertz CT molecular complexity index is 1080. The number of esters is 1. The summed E-state index contributed by atoms with van der Waals surface area (Å²) in [5.74, 6) is -5.66. The molecule has 2 heterocycles. The fourth-order valence-corrected chi connectivity index (χ4v) is 3.33. The van der Waals surface area contributed by atoms with Crippen molar-refractivity contribution in [1.29, 1.82) is 0 Å². The van der Waals surface area contributed by atoms with Gasteiger partial charge in [-0.2, -0.15) is 13.8 Å². The third kappa shape index (κ3) is 8.43. The van der Waals surface area contributed by atoms with E-state index in [4.69, 9.17) is 19.3 Å². The third-order valence-electron chi connectivity index (χ3n) is 4.95. The quantitative estimate of drug-likeness (QED) is 0.344. The fourth-order valence-electron chi connectivity index (χ4n) is 3.33. The predicted octanol–water partition coefficient (Wildman–Crippen LogP) is 1.08. The zero-order chi connectivity index (χ0) is 29.1. The van der Waals surface area contributed by atoms with Crippen molar-refractivity contribution >= 4 is 23.8 Å². The summed E-state index contributed by atoms with van der Waals surface area (Å²) < 4.78 is 44.4. The van der Waals surface area contributed by atoms with Crippen molar-refractivity contribution in [2.24, 2.45) is 0 Å². The van der Waals surface area contributed by atoms with Crippen molar-refractivity contribution in [3.8, 4) is 0 Å². The molecule has 0 aromatic carbocycles. The van der Waals surface area contributed by atoms with E-state index in [1.165, 1.54) is 0 Å². The van der Waals surface area contributed by atoms with E-state index < -0.39 is 71.9 Å². The molecule has 2 rings (SSSR count). The minimum Gasteiger partial charge on any atom is -0.458 e. The highest BCUT2D eigenvalue weighted by Gasteiger charge is 2.59. The lowest BCUT2D eigenvalue weighted by Gasteiger charge is -2.26. The van der Waals surface area contributed by atoms with Gasteiger partial charge in [-0.05, 0) is 54.0 Å². The molecule has 0 saturated carbocycles. The van der Waals surface area contributed by atoms with Gasteiger partial charge in [-0.25, -0.2) is 14.4 Å². The van der Waals surface area contributed by atoms with Gasteiger partial charge in [0, 0.05) is 12.6 Å². The topological polar surface area (TPSA) is 178 Å². The second-order valence-electron chi connectivity index (χ2n) is 10.7. The van der Waals surface area contributed by atoms with E-state index >= 15 is 0 Å². The largest absolute Gasteiger partial charge is 0.458 e. The standard InChI is InChI=1S/C23H34F2N4O9/c1-21(2,3)37-17(33)12(26-20(35)38-22(4,5)6)7-8-15(31)27-14-9-10-29(19(34)28-14)18-23(24,25)16(32)13(11-30)36-18/h9-10,12-13,16,18,30,32H,7-8,11H2,1-6H3,(H,26,35)(H,27,28,31,34)/t12?,13-,16+,18-/m1/s1. The van der Waals surface area contributed by atoms with Crippen molar-refractivity contribution in [3.05, 3.63) is 22.7 Å². The lowest BCUT2D eigenvalue weighted by molar-refractivity contribution is -0.157.